The van der Waals surface area contributed by atoms with Crippen LogP contribution in [-0.4, -0.2) is 45.2 Å². The van der Waals surface area contributed by atoms with Crippen molar-refractivity contribution in [1.82, 2.24) is 19.1 Å². The van der Waals surface area contributed by atoms with Crippen molar-refractivity contribution in [2.24, 2.45) is 5.92 Å². The summed E-state index contributed by atoms with van der Waals surface area (Å²) in [5, 5.41) is 5.38. The highest BCUT2D eigenvalue weighted by Gasteiger charge is 2.22. The maximum atomic E-state index is 13.0. The van der Waals surface area contributed by atoms with Crippen LogP contribution in [0.15, 0.2) is 29.1 Å². The largest absolute Gasteiger partial charge is 0.497 e. The van der Waals surface area contributed by atoms with Gasteiger partial charge < -0.3 is 9.64 Å². The number of pyridine rings is 1. The Kier molecular flexibility index (Phi) is 4.37. The van der Waals surface area contributed by atoms with Gasteiger partial charge in [0.25, 0.3) is 0 Å². The van der Waals surface area contributed by atoms with Crippen LogP contribution in [0.1, 0.15) is 25.3 Å². The van der Waals surface area contributed by atoms with Gasteiger partial charge in [0.15, 0.2) is 5.65 Å². The highest BCUT2D eigenvalue weighted by molar-refractivity contribution is 5.84. The predicted molar refractivity (Wildman–Crippen MR) is 103 cm³/mol. The number of methoxy groups -OCH3 is 1. The molecule has 0 unspecified atom stereocenters. The van der Waals surface area contributed by atoms with E-state index in [1.807, 2.05) is 36.1 Å². The topological polar surface area (TPSA) is 68.8 Å². The van der Waals surface area contributed by atoms with Crippen LogP contribution in [0.4, 0.5) is 0 Å². The first-order valence-electron chi connectivity index (χ1n) is 9.32. The van der Waals surface area contributed by atoms with Crippen molar-refractivity contribution in [2.45, 2.75) is 33.2 Å². The Balaban J connectivity index is 1.75. The molecule has 7 nitrogen and oxygen atoms in total. The van der Waals surface area contributed by atoms with Gasteiger partial charge in [0.05, 0.1) is 12.6 Å². The fourth-order valence-corrected chi connectivity index (χ4v) is 3.73. The zero-order valence-corrected chi connectivity index (χ0v) is 15.9. The Morgan fingerprint density at radius 1 is 1.26 bits per heavy atom. The Morgan fingerprint density at radius 3 is 2.70 bits per heavy atom. The summed E-state index contributed by atoms with van der Waals surface area (Å²) in [6.07, 6.45) is 2.02. The summed E-state index contributed by atoms with van der Waals surface area (Å²) in [6.45, 7) is 5.60. The molecule has 1 amide bonds. The Bertz CT molecular complexity index is 1070. The molecule has 0 saturated carbocycles. The third-order valence-electron chi connectivity index (χ3n) is 5.46. The number of aromatic nitrogens is 3. The second-order valence-corrected chi connectivity index (χ2v) is 7.41. The minimum absolute atomic E-state index is 0.0280. The third kappa shape index (κ3) is 3.07. The van der Waals surface area contributed by atoms with Crippen molar-refractivity contribution in [3.63, 3.8) is 0 Å². The lowest BCUT2D eigenvalue weighted by molar-refractivity contribution is -0.133. The number of benzene rings is 1. The normalized spacial score (nSPS) is 15.6. The smallest absolute Gasteiger partial charge is 0.351 e. The van der Waals surface area contributed by atoms with Gasteiger partial charge in [-0.1, -0.05) is 6.92 Å². The Hall–Kier alpha value is -2.83. The number of nitrogens with zero attached hydrogens (tertiary/aromatic N) is 4. The lowest BCUT2D eigenvalue weighted by Gasteiger charge is -2.30. The standard InChI is InChI=1S/C20H24N4O3/c1-13-6-8-22(9-7-13)18(25)12-23-20(26)24-17-11-16(27-3)5-4-15(17)10-14(2)19(24)21-23/h4-5,10-11,13H,6-9,12H2,1-3H3. The minimum Gasteiger partial charge on any atom is -0.497 e. The average Bonchev–Trinajstić information content (AvgIpc) is 2.99. The molecule has 0 N–H and O–H groups in total. The molecule has 1 fully saturated rings. The maximum Gasteiger partial charge on any atom is 0.351 e. The number of carbonyl (C=O) groups is 1. The average molecular weight is 368 g/mol. The molecule has 3 heterocycles. The van der Waals surface area contributed by atoms with E-state index in [9.17, 15) is 9.59 Å². The maximum absolute atomic E-state index is 13.0. The zero-order valence-electron chi connectivity index (χ0n) is 15.9. The number of hydrogen-bond donors (Lipinski definition) is 0. The van der Waals surface area contributed by atoms with E-state index in [-0.39, 0.29) is 18.1 Å². The molecule has 0 bridgehead atoms. The SMILES string of the molecule is COc1ccc2cc(C)c3nn(CC(=O)N4CCC(C)CC4)c(=O)n3c2c1. The van der Waals surface area contributed by atoms with Gasteiger partial charge in [0.2, 0.25) is 5.91 Å². The van der Waals surface area contributed by atoms with Gasteiger partial charge in [0, 0.05) is 19.2 Å². The first-order chi connectivity index (χ1) is 13.0. The molecule has 0 atom stereocenters. The highest BCUT2D eigenvalue weighted by atomic mass is 16.5. The van der Waals surface area contributed by atoms with E-state index in [4.69, 9.17) is 4.74 Å². The zero-order chi connectivity index (χ0) is 19.1. The van der Waals surface area contributed by atoms with Crippen LogP contribution in [-0.2, 0) is 11.3 Å². The summed E-state index contributed by atoms with van der Waals surface area (Å²) < 4.78 is 8.14. The summed E-state index contributed by atoms with van der Waals surface area (Å²) in [5.41, 5.74) is 1.89. The summed E-state index contributed by atoms with van der Waals surface area (Å²) in [4.78, 5) is 27.5. The molecule has 4 rings (SSSR count). The van der Waals surface area contributed by atoms with E-state index in [0.29, 0.717) is 17.3 Å². The summed E-state index contributed by atoms with van der Waals surface area (Å²) in [5.74, 6) is 1.27. The van der Waals surface area contributed by atoms with E-state index in [1.54, 1.807) is 11.5 Å². The van der Waals surface area contributed by atoms with Crippen LogP contribution in [0.3, 0.4) is 0 Å². The van der Waals surface area contributed by atoms with Crippen LogP contribution in [0.25, 0.3) is 16.6 Å². The fourth-order valence-electron chi connectivity index (χ4n) is 3.73. The second-order valence-electron chi connectivity index (χ2n) is 7.41. The summed E-state index contributed by atoms with van der Waals surface area (Å²) >= 11 is 0. The first-order valence-corrected chi connectivity index (χ1v) is 9.32. The lowest BCUT2D eigenvalue weighted by Crippen LogP contribution is -2.41. The number of ether oxygens (including phenoxy) is 1. The molecule has 1 aromatic carbocycles. The molecule has 0 radical (unpaired) electrons. The van der Waals surface area contributed by atoms with Crippen molar-refractivity contribution in [2.75, 3.05) is 20.2 Å². The monoisotopic (exact) mass is 368 g/mol. The number of aryl methyl sites for hydroxylation is 1. The van der Waals surface area contributed by atoms with Gasteiger partial charge >= 0.3 is 5.69 Å². The fraction of sp³-hybridized carbons (Fsp3) is 0.450. The highest BCUT2D eigenvalue weighted by Crippen LogP contribution is 2.23. The molecule has 27 heavy (non-hydrogen) atoms. The molecule has 0 aliphatic carbocycles. The van der Waals surface area contributed by atoms with Crippen molar-refractivity contribution >= 4 is 22.5 Å². The molecule has 1 aliphatic heterocycles. The van der Waals surface area contributed by atoms with Crippen LogP contribution >= 0.6 is 0 Å². The van der Waals surface area contributed by atoms with E-state index in [2.05, 4.69) is 12.0 Å². The third-order valence-corrected chi connectivity index (χ3v) is 5.46. The Morgan fingerprint density at radius 2 is 2.00 bits per heavy atom. The van der Waals surface area contributed by atoms with Crippen LogP contribution in [0.2, 0.25) is 0 Å². The van der Waals surface area contributed by atoms with Gasteiger partial charge in [-0.05, 0) is 54.8 Å². The first kappa shape index (κ1) is 17.6. The van der Waals surface area contributed by atoms with Gasteiger partial charge in [-0.15, -0.1) is 5.10 Å². The second kappa shape index (κ2) is 6.72. The molecule has 1 aliphatic rings. The van der Waals surface area contributed by atoms with Crippen molar-refractivity contribution < 1.29 is 9.53 Å². The number of amides is 1. The molecule has 142 valence electrons. The number of hydrogen-bond acceptors (Lipinski definition) is 4. The number of piperidine rings is 1. The van der Waals surface area contributed by atoms with Gasteiger partial charge in [-0.25, -0.2) is 13.9 Å². The summed E-state index contributed by atoms with van der Waals surface area (Å²) in [6, 6.07) is 7.60. The van der Waals surface area contributed by atoms with E-state index >= 15 is 0 Å². The lowest BCUT2D eigenvalue weighted by atomic mass is 9.99. The molecular formula is C20H24N4O3. The number of rotatable bonds is 3. The minimum atomic E-state index is -0.300. The van der Waals surface area contributed by atoms with E-state index < -0.39 is 0 Å². The number of fused-ring (bicyclic) bond motifs is 3. The van der Waals surface area contributed by atoms with Crippen molar-refractivity contribution in [3.05, 3.63) is 40.3 Å². The van der Waals surface area contributed by atoms with Gasteiger partial charge in [-0.3, -0.25) is 4.79 Å². The van der Waals surface area contributed by atoms with Crippen LogP contribution in [0, 0.1) is 12.8 Å². The Labute approximate surface area is 157 Å². The molecule has 0 spiro atoms. The van der Waals surface area contributed by atoms with Crippen molar-refractivity contribution in [1.29, 1.82) is 0 Å². The van der Waals surface area contributed by atoms with Gasteiger partial charge in [-0.2, -0.15) is 0 Å². The quantitative estimate of drug-likeness (QED) is 0.711. The number of carbonyl (C=O) groups excluding carboxylic acids is 1. The van der Waals surface area contributed by atoms with Crippen LogP contribution < -0.4 is 10.4 Å². The molecule has 1 saturated heterocycles. The molecule has 3 aromatic rings. The summed E-state index contributed by atoms with van der Waals surface area (Å²) in [7, 11) is 1.59. The predicted octanol–water partition coefficient (Wildman–Crippen LogP) is 2.22. The van der Waals surface area contributed by atoms with Crippen LogP contribution in [0.5, 0.6) is 5.75 Å². The van der Waals surface area contributed by atoms with Crippen molar-refractivity contribution in [3.8, 4) is 5.75 Å². The molecular weight excluding hydrogens is 344 g/mol. The molecule has 7 heteroatoms. The molecule has 2 aromatic heterocycles. The van der Waals surface area contributed by atoms with E-state index in [0.717, 1.165) is 42.4 Å². The van der Waals surface area contributed by atoms with E-state index in [1.165, 1.54) is 4.68 Å². The van der Waals surface area contributed by atoms with Gasteiger partial charge in [0.1, 0.15) is 12.3 Å². The number of likely N-dealkylation sites (tertiary alicyclic amines) is 1.